The smallest absolute Gasteiger partial charge is 0.246 e. The number of nitrogens with zero attached hydrogens (tertiary/aromatic N) is 2. The van der Waals surface area contributed by atoms with Crippen LogP contribution >= 0.6 is 15.9 Å². The molecule has 1 aromatic heterocycles. The lowest BCUT2D eigenvalue weighted by Gasteiger charge is -2.04. The molecule has 3 rings (SSSR count). The van der Waals surface area contributed by atoms with Crippen LogP contribution in [0.1, 0.15) is 5.56 Å². The van der Waals surface area contributed by atoms with Gasteiger partial charge in [-0.15, -0.1) is 5.10 Å². The number of halogens is 1. The number of hydrogen-bond acceptors (Lipinski definition) is 3. The molecule has 0 spiro atoms. The van der Waals surface area contributed by atoms with Crippen molar-refractivity contribution < 1.29 is 0 Å². The first kappa shape index (κ1) is 12.9. The highest BCUT2D eigenvalue weighted by Crippen LogP contribution is 2.22. The molecule has 0 saturated heterocycles. The molecule has 0 aliphatic rings. The summed E-state index contributed by atoms with van der Waals surface area (Å²) in [4.78, 5) is 4.46. The standard InChI is InChI=1S/C15H13BrN4/c1-10-5-2-3-8-13(10)17-15-18-14(19-20-15)11-6-4-7-12(16)9-11/h2-9H,1H3,(H2,17,18,19,20). The molecule has 0 aliphatic carbocycles. The number of H-pyrrole nitrogens is 1. The van der Waals surface area contributed by atoms with Crippen LogP contribution in [0.5, 0.6) is 0 Å². The molecule has 0 bridgehead atoms. The van der Waals surface area contributed by atoms with E-state index >= 15 is 0 Å². The van der Waals surface area contributed by atoms with Gasteiger partial charge in [0.15, 0.2) is 5.82 Å². The van der Waals surface area contributed by atoms with Gasteiger partial charge in [0, 0.05) is 15.7 Å². The molecule has 0 atom stereocenters. The van der Waals surface area contributed by atoms with E-state index < -0.39 is 0 Å². The van der Waals surface area contributed by atoms with Gasteiger partial charge in [-0.25, -0.2) is 0 Å². The third-order valence-electron chi connectivity index (χ3n) is 2.98. The third-order valence-corrected chi connectivity index (χ3v) is 3.47. The van der Waals surface area contributed by atoms with E-state index in [1.165, 1.54) is 0 Å². The monoisotopic (exact) mass is 328 g/mol. The Morgan fingerprint density at radius 3 is 2.75 bits per heavy atom. The molecule has 100 valence electrons. The van der Waals surface area contributed by atoms with E-state index in [0.29, 0.717) is 5.95 Å². The first-order valence-electron chi connectivity index (χ1n) is 6.23. The molecule has 1 heterocycles. The van der Waals surface area contributed by atoms with Crippen molar-refractivity contribution in [3.63, 3.8) is 0 Å². The van der Waals surface area contributed by atoms with E-state index in [1.807, 2.05) is 55.5 Å². The highest BCUT2D eigenvalue weighted by Gasteiger charge is 2.07. The minimum absolute atomic E-state index is 0.564. The summed E-state index contributed by atoms with van der Waals surface area (Å²) in [6, 6.07) is 16.0. The van der Waals surface area contributed by atoms with Crippen molar-refractivity contribution in [2.45, 2.75) is 6.92 Å². The summed E-state index contributed by atoms with van der Waals surface area (Å²) in [5, 5.41) is 10.4. The maximum Gasteiger partial charge on any atom is 0.246 e. The summed E-state index contributed by atoms with van der Waals surface area (Å²) in [6.07, 6.45) is 0. The number of hydrogen-bond donors (Lipinski definition) is 2. The minimum atomic E-state index is 0.564. The summed E-state index contributed by atoms with van der Waals surface area (Å²) < 4.78 is 1.01. The maximum absolute atomic E-state index is 4.46. The number of aromatic nitrogens is 3. The van der Waals surface area contributed by atoms with Gasteiger partial charge in [0.05, 0.1) is 0 Å². The van der Waals surface area contributed by atoms with Gasteiger partial charge < -0.3 is 5.32 Å². The molecule has 3 aromatic rings. The van der Waals surface area contributed by atoms with Crippen molar-refractivity contribution >= 4 is 27.6 Å². The van der Waals surface area contributed by atoms with E-state index in [2.05, 4.69) is 36.4 Å². The van der Waals surface area contributed by atoms with Crippen molar-refractivity contribution in [3.8, 4) is 11.4 Å². The number of nitrogens with one attached hydrogen (secondary N) is 2. The first-order valence-corrected chi connectivity index (χ1v) is 7.03. The highest BCUT2D eigenvalue weighted by atomic mass is 79.9. The number of para-hydroxylation sites is 1. The van der Waals surface area contributed by atoms with Gasteiger partial charge in [-0.2, -0.15) is 4.98 Å². The molecular weight excluding hydrogens is 316 g/mol. The van der Waals surface area contributed by atoms with Crippen molar-refractivity contribution in [2.75, 3.05) is 5.32 Å². The lowest BCUT2D eigenvalue weighted by Crippen LogP contribution is -1.94. The summed E-state index contributed by atoms with van der Waals surface area (Å²) >= 11 is 3.45. The van der Waals surface area contributed by atoms with Crippen molar-refractivity contribution in [2.24, 2.45) is 0 Å². The number of benzene rings is 2. The van der Waals surface area contributed by atoms with Crippen LogP contribution in [0.3, 0.4) is 0 Å². The Morgan fingerprint density at radius 2 is 1.95 bits per heavy atom. The second-order valence-corrected chi connectivity index (χ2v) is 5.37. The van der Waals surface area contributed by atoms with Crippen LogP contribution in [0.25, 0.3) is 11.4 Å². The van der Waals surface area contributed by atoms with E-state index in [9.17, 15) is 0 Å². The highest BCUT2D eigenvalue weighted by molar-refractivity contribution is 9.10. The summed E-state index contributed by atoms with van der Waals surface area (Å²) in [5.74, 6) is 1.30. The van der Waals surface area contributed by atoms with Gasteiger partial charge in [0.25, 0.3) is 0 Å². The normalized spacial score (nSPS) is 10.5. The van der Waals surface area contributed by atoms with E-state index in [-0.39, 0.29) is 0 Å². The Labute approximate surface area is 125 Å². The molecule has 2 N–H and O–H groups in total. The molecule has 20 heavy (non-hydrogen) atoms. The fraction of sp³-hybridized carbons (Fsp3) is 0.0667. The molecule has 4 nitrogen and oxygen atoms in total. The van der Waals surface area contributed by atoms with E-state index in [1.54, 1.807) is 0 Å². The largest absolute Gasteiger partial charge is 0.323 e. The molecule has 0 unspecified atom stereocenters. The number of anilines is 2. The molecule has 0 saturated carbocycles. The second-order valence-electron chi connectivity index (χ2n) is 4.46. The molecule has 5 heteroatoms. The number of aryl methyl sites for hydroxylation is 1. The van der Waals surface area contributed by atoms with Crippen LogP contribution in [0, 0.1) is 6.92 Å². The number of aromatic amines is 1. The molecule has 0 aliphatic heterocycles. The maximum atomic E-state index is 4.46. The summed E-state index contributed by atoms with van der Waals surface area (Å²) in [7, 11) is 0. The van der Waals surface area contributed by atoms with Gasteiger partial charge in [-0.1, -0.05) is 46.3 Å². The topological polar surface area (TPSA) is 53.6 Å². The molecule has 0 fully saturated rings. The van der Waals surface area contributed by atoms with Gasteiger partial charge in [-0.3, -0.25) is 5.10 Å². The zero-order valence-corrected chi connectivity index (χ0v) is 12.5. The Morgan fingerprint density at radius 1 is 1.10 bits per heavy atom. The summed E-state index contributed by atoms with van der Waals surface area (Å²) in [6.45, 7) is 2.05. The van der Waals surface area contributed by atoms with Crippen LogP contribution in [-0.4, -0.2) is 15.2 Å². The Kier molecular flexibility index (Phi) is 3.52. The average molecular weight is 329 g/mol. The first-order chi connectivity index (χ1) is 9.72. The van der Waals surface area contributed by atoms with Crippen molar-refractivity contribution in [1.29, 1.82) is 0 Å². The zero-order chi connectivity index (χ0) is 13.9. The zero-order valence-electron chi connectivity index (χ0n) is 10.9. The predicted octanol–water partition coefficient (Wildman–Crippen LogP) is 4.29. The second kappa shape index (κ2) is 5.46. The van der Waals surface area contributed by atoms with Crippen LogP contribution < -0.4 is 5.32 Å². The lowest BCUT2D eigenvalue weighted by atomic mass is 10.2. The van der Waals surface area contributed by atoms with Gasteiger partial charge in [-0.05, 0) is 30.7 Å². The Bertz CT molecular complexity index is 736. The average Bonchev–Trinajstić information content (AvgIpc) is 2.90. The number of rotatable bonds is 3. The van der Waals surface area contributed by atoms with Crippen molar-refractivity contribution in [3.05, 3.63) is 58.6 Å². The van der Waals surface area contributed by atoms with E-state index in [4.69, 9.17) is 0 Å². The third kappa shape index (κ3) is 2.72. The SMILES string of the molecule is Cc1ccccc1Nc1n[nH]c(-c2cccc(Br)c2)n1. The molecule has 0 amide bonds. The van der Waals surface area contributed by atoms with Gasteiger partial charge in [0.2, 0.25) is 5.95 Å². The summed E-state index contributed by atoms with van der Waals surface area (Å²) in [5.41, 5.74) is 3.15. The Hall–Kier alpha value is -2.14. The molecule has 0 radical (unpaired) electrons. The lowest BCUT2D eigenvalue weighted by molar-refractivity contribution is 1.10. The van der Waals surface area contributed by atoms with Crippen LogP contribution in [-0.2, 0) is 0 Å². The van der Waals surface area contributed by atoms with Gasteiger partial charge >= 0.3 is 0 Å². The van der Waals surface area contributed by atoms with Crippen LogP contribution in [0.2, 0.25) is 0 Å². The van der Waals surface area contributed by atoms with E-state index in [0.717, 1.165) is 27.1 Å². The quantitative estimate of drug-likeness (QED) is 0.754. The van der Waals surface area contributed by atoms with Crippen molar-refractivity contribution in [1.82, 2.24) is 15.2 Å². The van der Waals surface area contributed by atoms with Crippen LogP contribution in [0.4, 0.5) is 11.6 Å². The predicted molar refractivity (Wildman–Crippen MR) is 84.0 cm³/mol. The minimum Gasteiger partial charge on any atom is -0.323 e. The Balaban J connectivity index is 1.86. The molecule has 2 aromatic carbocycles. The van der Waals surface area contributed by atoms with Gasteiger partial charge in [0.1, 0.15) is 0 Å². The fourth-order valence-corrected chi connectivity index (χ4v) is 2.32. The molecular formula is C15H13BrN4. The van der Waals surface area contributed by atoms with Crippen LogP contribution in [0.15, 0.2) is 53.0 Å². The fourth-order valence-electron chi connectivity index (χ4n) is 1.92.